The van der Waals surface area contributed by atoms with E-state index >= 15 is 0 Å². The van der Waals surface area contributed by atoms with Crippen LogP contribution >= 0.6 is 11.8 Å². The topological polar surface area (TPSA) is 40.6 Å². The van der Waals surface area contributed by atoms with Crippen molar-refractivity contribution in [1.29, 1.82) is 0 Å². The summed E-state index contributed by atoms with van der Waals surface area (Å²) in [5.41, 5.74) is 0. The predicted molar refractivity (Wildman–Crippen MR) is 61.7 cm³/mol. The molecule has 5 heteroatoms. The van der Waals surface area contributed by atoms with Gasteiger partial charge in [-0.2, -0.15) is 0 Å². The number of nitrogens with zero attached hydrogens (tertiary/aromatic N) is 2. The van der Waals surface area contributed by atoms with E-state index in [9.17, 15) is 9.59 Å². The molecule has 0 bridgehead atoms. The fourth-order valence-corrected chi connectivity index (χ4v) is 2.04. The third-order valence-electron chi connectivity index (χ3n) is 2.28. The first-order chi connectivity index (χ1) is 7.27. The molecule has 0 aromatic carbocycles. The molecule has 1 aliphatic heterocycles. The molecule has 15 heavy (non-hydrogen) atoms. The Bertz CT molecular complexity index is 238. The van der Waals surface area contributed by atoms with Gasteiger partial charge < -0.3 is 9.80 Å². The maximum Gasteiger partial charge on any atom is 0.232 e. The second-order valence-corrected chi connectivity index (χ2v) is 4.36. The summed E-state index contributed by atoms with van der Waals surface area (Å²) in [4.78, 5) is 25.6. The monoisotopic (exact) mass is 228 g/mol. The van der Waals surface area contributed by atoms with E-state index in [1.54, 1.807) is 22.7 Å². The normalized spacial score (nSPS) is 16.3. The van der Waals surface area contributed by atoms with Crippen LogP contribution in [0.25, 0.3) is 0 Å². The summed E-state index contributed by atoms with van der Waals surface area (Å²) in [7, 11) is 0. The van der Waals surface area contributed by atoms with E-state index in [0.717, 1.165) is 12.2 Å². The number of hydrogen-bond acceptors (Lipinski definition) is 3. The Morgan fingerprint density at radius 3 is 2.53 bits per heavy atom. The quantitative estimate of drug-likeness (QED) is 0.383. The zero-order valence-corrected chi connectivity index (χ0v) is 9.54. The first-order valence-electron chi connectivity index (χ1n) is 4.93. The van der Waals surface area contributed by atoms with E-state index in [0.29, 0.717) is 31.9 Å². The minimum absolute atomic E-state index is 0.160. The van der Waals surface area contributed by atoms with Crippen molar-refractivity contribution >= 4 is 24.1 Å². The molecule has 0 atom stereocenters. The molecule has 4 nitrogen and oxygen atoms in total. The van der Waals surface area contributed by atoms with E-state index in [2.05, 4.69) is 6.58 Å². The Hall–Kier alpha value is -0.970. The zero-order valence-electron chi connectivity index (χ0n) is 8.72. The lowest BCUT2D eigenvalue weighted by atomic mass is 10.3. The van der Waals surface area contributed by atoms with E-state index in [1.807, 2.05) is 4.90 Å². The molecular weight excluding hydrogens is 212 g/mol. The van der Waals surface area contributed by atoms with Gasteiger partial charge in [-0.25, -0.2) is 0 Å². The molecule has 2 amide bonds. The molecule has 1 aliphatic rings. The Morgan fingerprint density at radius 1 is 1.33 bits per heavy atom. The van der Waals surface area contributed by atoms with Gasteiger partial charge in [0, 0.05) is 31.9 Å². The molecule has 0 saturated carbocycles. The van der Waals surface area contributed by atoms with E-state index < -0.39 is 0 Å². The minimum atomic E-state index is 0.160. The molecule has 0 radical (unpaired) electrons. The number of hydrogen-bond donors (Lipinski definition) is 0. The molecule has 0 aliphatic carbocycles. The van der Waals surface area contributed by atoms with Crippen molar-refractivity contribution in [3.8, 4) is 0 Å². The van der Waals surface area contributed by atoms with Crippen LogP contribution in [0.5, 0.6) is 0 Å². The Labute approximate surface area is 94.3 Å². The van der Waals surface area contributed by atoms with Crippen LogP contribution < -0.4 is 0 Å². The summed E-state index contributed by atoms with van der Waals surface area (Å²) in [6.45, 7) is 6.23. The van der Waals surface area contributed by atoms with Crippen LogP contribution in [0.1, 0.15) is 0 Å². The molecular formula is C10H16N2O2S. The second kappa shape index (κ2) is 6.50. The summed E-state index contributed by atoms with van der Waals surface area (Å²) >= 11 is 1.57. The van der Waals surface area contributed by atoms with Crippen molar-refractivity contribution in [1.82, 2.24) is 9.80 Å². The Morgan fingerprint density at radius 2 is 2.00 bits per heavy atom. The smallest absolute Gasteiger partial charge is 0.232 e. The lowest BCUT2D eigenvalue weighted by Gasteiger charge is -2.32. The maximum absolute atomic E-state index is 11.6. The van der Waals surface area contributed by atoms with Gasteiger partial charge in [0.2, 0.25) is 12.3 Å². The molecule has 1 saturated heterocycles. The van der Waals surface area contributed by atoms with Gasteiger partial charge in [0.1, 0.15) is 0 Å². The van der Waals surface area contributed by atoms with Crippen LogP contribution in [0.15, 0.2) is 12.7 Å². The number of rotatable bonds is 5. The van der Waals surface area contributed by atoms with Gasteiger partial charge in [-0.3, -0.25) is 9.59 Å². The highest BCUT2D eigenvalue weighted by Gasteiger charge is 2.19. The highest BCUT2D eigenvalue weighted by molar-refractivity contribution is 8.00. The first kappa shape index (κ1) is 12.1. The van der Waals surface area contributed by atoms with Gasteiger partial charge in [0.25, 0.3) is 0 Å². The highest BCUT2D eigenvalue weighted by Crippen LogP contribution is 2.05. The molecule has 1 heterocycles. The molecule has 1 fully saturated rings. The summed E-state index contributed by atoms with van der Waals surface area (Å²) in [5.74, 6) is 1.47. The van der Waals surface area contributed by atoms with E-state index in [4.69, 9.17) is 0 Å². The maximum atomic E-state index is 11.6. The summed E-state index contributed by atoms with van der Waals surface area (Å²) in [6, 6.07) is 0. The number of piperazine rings is 1. The fourth-order valence-electron chi connectivity index (χ4n) is 1.40. The average molecular weight is 228 g/mol. The largest absolute Gasteiger partial charge is 0.342 e. The average Bonchev–Trinajstić information content (AvgIpc) is 2.29. The summed E-state index contributed by atoms with van der Waals surface area (Å²) in [5, 5.41) is 0. The zero-order chi connectivity index (χ0) is 11.1. The molecule has 0 spiro atoms. The molecule has 0 aromatic heterocycles. The van der Waals surface area contributed by atoms with Gasteiger partial charge in [0.05, 0.1) is 5.75 Å². The van der Waals surface area contributed by atoms with Crippen LogP contribution in [-0.4, -0.2) is 59.8 Å². The third kappa shape index (κ3) is 3.95. The Kier molecular flexibility index (Phi) is 5.25. The van der Waals surface area contributed by atoms with Gasteiger partial charge in [0.15, 0.2) is 0 Å². The van der Waals surface area contributed by atoms with Crippen molar-refractivity contribution < 1.29 is 9.59 Å². The van der Waals surface area contributed by atoms with Crippen molar-refractivity contribution in [3.63, 3.8) is 0 Å². The number of thioether (sulfide) groups is 1. The lowest BCUT2D eigenvalue weighted by molar-refractivity contribution is -0.132. The van der Waals surface area contributed by atoms with E-state index in [1.165, 1.54) is 0 Å². The van der Waals surface area contributed by atoms with Crippen molar-refractivity contribution in [2.24, 2.45) is 0 Å². The van der Waals surface area contributed by atoms with Gasteiger partial charge in [-0.05, 0) is 0 Å². The van der Waals surface area contributed by atoms with Gasteiger partial charge >= 0.3 is 0 Å². The van der Waals surface area contributed by atoms with Crippen LogP contribution in [0.2, 0.25) is 0 Å². The van der Waals surface area contributed by atoms with Crippen molar-refractivity contribution in [2.75, 3.05) is 37.7 Å². The van der Waals surface area contributed by atoms with E-state index in [-0.39, 0.29) is 5.91 Å². The highest BCUT2D eigenvalue weighted by atomic mass is 32.2. The third-order valence-corrected chi connectivity index (χ3v) is 3.20. The summed E-state index contributed by atoms with van der Waals surface area (Å²) < 4.78 is 0. The Balaban J connectivity index is 2.23. The number of carbonyl (C=O) groups is 2. The molecule has 0 unspecified atom stereocenters. The van der Waals surface area contributed by atoms with Gasteiger partial charge in [-0.15, -0.1) is 18.3 Å². The number of amides is 2. The minimum Gasteiger partial charge on any atom is -0.342 e. The fraction of sp³-hybridized carbons (Fsp3) is 0.600. The summed E-state index contributed by atoms with van der Waals surface area (Å²) in [6.07, 6.45) is 2.64. The molecule has 84 valence electrons. The predicted octanol–water partition coefficient (Wildman–Crippen LogP) is 0.206. The van der Waals surface area contributed by atoms with Crippen molar-refractivity contribution in [2.45, 2.75) is 0 Å². The molecule has 0 N–H and O–H groups in total. The van der Waals surface area contributed by atoms with Crippen LogP contribution in [-0.2, 0) is 9.59 Å². The van der Waals surface area contributed by atoms with Crippen LogP contribution in [0.4, 0.5) is 0 Å². The lowest BCUT2D eigenvalue weighted by Crippen LogP contribution is -2.48. The standard InChI is InChI=1S/C10H16N2O2S/c1-2-7-15-8-10(14)12-5-3-11(9-13)4-6-12/h2,9H,1,3-8H2. The first-order valence-corrected chi connectivity index (χ1v) is 6.09. The van der Waals surface area contributed by atoms with Crippen molar-refractivity contribution in [3.05, 3.63) is 12.7 Å². The second-order valence-electron chi connectivity index (χ2n) is 3.33. The van der Waals surface area contributed by atoms with Gasteiger partial charge in [-0.1, -0.05) is 6.08 Å². The SMILES string of the molecule is C=CCSCC(=O)N1CCN(C=O)CC1. The molecule has 1 rings (SSSR count). The van der Waals surface area contributed by atoms with Crippen LogP contribution in [0, 0.1) is 0 Å². The van der Waals surface area contributed by atoms with Crippen LogP contribution in [0.3, 0.4) is 0 Å². The number of carbonyl (C=O) groups excluding carboxylic acids is 2. The molecule has 0 aromatic rings.